The van der Waals surface area contributed by atoms with Gasteiger partial charge in [-0.25, -0.2) is 0 Å². The van der Waals surface area contributed by atoms with Crippen molar-refractivity contribution in [1.29, 1.82) is 0 Å². The second-order valence-electron chi connectivity index (χ2n) is 11.7. The molecule has 0 spiro atoms. The summed E-state index contributed by atoms with van der Waals surface area (Å²) in [4.78, 5) is 28.7. The number of piperazine rings is 1. The quantitative estimate of drug-likeness (QED) is 0.195. The van der Waals surface area contributed by atoms with Crippen molar-refractivity contribution in [2.75, 3.05) is 39.8 Å². The predicted molar refractivity (Wildman–Crippen MR) is 146 cm³/mol. The number of fused-ring (bicyclic) bond motifs is 1. The summed E-state index contributed by atoms with van der Waals surface area (Å²) in [6.45, 7) is 9.94. The summed E-state index contributed by atoms with van der Waals surface area (Å²) in [6.07, 6.45) is 1.79. The molecule has 10 nitrogen and oxygen atoms in total. The fraction of sp³-hybridized carbons (Fsp3) is 0.920. The number of hydrogen-bond acceptors (Lipinski definition) is 9. The summed E-state index contributed by atoms with van der Waals surface area (Å²) in [5.74, 6) is 0.579. The minimum Gasteiger partial charge on any atom is -0.380 e. The molecule has 37 heavy (non-hydrogen) atoms. The van der Waals surface area contributed by atoms with Crippen LogP contribution < -0.4 is 31.9 Å². The van der Waals surface area contributed by atoms with Gasteiger partial charge in [0.2, 0.25) is 11.8 Å². The second kappa shape index (κ2) is 11.8. The molecule has 0 bridgehead atoms. The van der Waals surface area contributed by atoms with Crippen LogP contribution in [0.4, 0.5) is 0 Å². The smallest absolute Gasteiger partial charge is 0.241 e. The molecule has 5 saturated heterocycles. The number of carbonyl (C=O) groups is 2. The number of likely N-dealkylation sites (tertiary alicyclic amines) is 1. The van der Waals surface area contributed by atoms with Gasteiger partial charge >= 0.3 is 0 Å². The van der Waals surface area contributed by atoms with Crippen molar-refractivity contribution in [3.8, 4) is 0 Å². The van der Waals surface area contributed by atoms with Crippen LogP contribution in [0.3, 0.4) is 0 Å². The molecular weight excluding hydrogens is 514 g/mol. The maximum absolute atomic E-state index is 13.6. The highest BCUT2D eigenvalue weighted by Crippen LogP contribution is 2.38. The lowest BCUT2D eigenvalue weighted by Gasteiger charge is -2.45. The second-order valence-corrected chi connectivity index (χ2v) is 13.6. The number of alkyl halides is 1. The first-order chi connectivity index (χ1) is 17.7. The highest BCUT2D eigenvalue weighted by atomic mass is 35.5. The SMILES string of the molecule is COC1CNC(Cl)CC1C1CC(C)NCC1C(=O)NC1NC2CN(C(=O)C3NCC(C)NC3C)CC2S1. The Kier molecular flexibility index (Phi) is 8.92. The van der Waals surface area contributed by atoms with Crippen LogP contribution in [-0.2, 0) is 14.3 Å². The molecule has 0 aromatic carbocycles. The highest BCUT2D eigenvalue weighted by Gasteiger charge is 2.47. The fourth-order valence-corrected chi connectivity index (χ4v) is 8.73. The Hall–Kier alpha value is -0.660. The van der Waals surface area contributed by atoms with Gasteiger partial charge in [0.1, 0.15) is 11.5 Å². The number of ether oxygens (including phenoxy) is 1. The van der Waals surface area contributed by atoms with Crippen LogP contribution >= 0.6 is 23.4 Å². The summed E-state index contributed by atoms with van der Waals surface area (Å²) in [5, 5.41) is 20.8. The van der Waals surface area contributed by atoms with Crippen LogP contribution in [0.5, 0.6) is 0 Å². The van der Waals surface area contributed by atoms with Crippen LogP contribution in [0.2, 0.25) is 0 Å². The first kappa shape index (κ1) is 27.9. The first-order valence-corrected chi connectivity index (χ1v) is 15.2. The van der Waals surface area contributed by atoms with Crippen molar-refractivity contribution in [2.45, 2.75) is 86.2 Å². The van der Waals surface area contributed by atoms with Gasteiger partial charge in [0.15, 0.2) is 0 Å². The van der Waals surface area contributed by atoms with Gasteiger partial charge in [-0.15, -0.1) is 23.4 Å². The van der Waals surface area contributed by atoms with Crippen molar-refractivity contribution in [1.82, 2.24) is 36.8 Å². The lowest BCUT2D eigenvalue weighted by atomic mass is 9.70. The predicted octanol–water partition coefficient (Wildman–Crippen LogP) is -0.556. The van der Waals surface area contributed by atoms with Gasteiger partial charge in [-0.1, -0.05) is 0 Å². The van der Waals surface area contributed by atoms with Crippen molar-refractivity contribution in [3.05, 3.63) is 0 Å². The zero-order valence-electron chi connectivity index (χ0n) is 22.3. The zero-order valence-corrected chi connectivity index (χ0v) is 23.9. The zero-order chi connectivity index (χ0) is 26.3. The summed E-state index contributed by atoms with van der Waals surface area (Å²) >= 11 is 8.21. The monoisotopic (exact) mass is 557 g/mol. The molecule has 5 fully saturated rings. The van der Waals surface area contributed by atoms with Gasteiger partial charge < -0.3 is 30.9 Å². The molecule has 12 atom stereocenters. The van der Waals surface area contributed by atoms with Crippen molar-refractivity contribution in [2.24, 2.45) is 17.8 Å². The number of halogens is 1. The lowest BCUT2D eigenvalue weighted by molar-refractivity contribution is -0.134. The van der Waals surface area contributed by atoms with E-state index >= 15 is 0 Å². The lowest BCUT2D eigenvalue weighted by Crippen LogP contribution is -2.64. The molecule has 5 aliphatic rings. The number of nitrogens with one attached hydrogen (secondary N) is 6. The highest BCUT2D eigenvalue weighted by molar-refractivity contribution is 8.00. The Balaban J connectivity index is 1.16. The summed E-state index contributed by atoms with van der Waals surface area (Å²) in [6, 6.07) is 0.830. The van der Waals surface area contributed by atoms with Gasteiger partial charge in [-0.05, 0) is 45.4 Å². The van der Waals surface area contributed by atoms with Crippen LogP contribution in [0.15, 0.2) is 0 Å². The topological polar surface area (TPSA) is 119 Å². The minimum atomic E-state index is -0.188. The van der Waals surface area contributed by atoms with E-state index in [1.54, 1.807) is 18.9 Å². The number of thioether (sulfide) groups is 1. The van der Waals surface area contributed by atoms with Crippen LogP contribution in [-0.4, -0.2) is 109 Å². The van der Waals surface area contributed by atoms with E-state index < -0.39 is 0 Å². The standard InChI is InChI=1S/C25H44ClN7O3S/c1-12-5-15(16-6-21(26)28-9-19(16)36-4)17(8-27-12)23(34)32-25-31-18-10-33(11-20(18)37-25)24(35)22-14(3)30-13(2)7-29-22/h12-22,25,27-31H,5-11H2,1-4H3,(H,32,34). The van der Waals surface area contributed by atoms with Crippen LogP contribution in [0.1, 0.15) is 33.6 Å². The molecule has 0 saturated carbocycles. The number of hydrogen-bond donors (Lipinski definition) is 6. The number of nitrogens with zero attached hydrogens (tertiary/aromatic N) is 1. The third-order valence-electron chi connectivity index (χ3n) is 9.00. The van der Waals surface area contributed by atoms with Crippen LogP contribution in [0, 0.1) is 17.8 Å². The number of carbonyl (C=O) groups excluding carboxylic acids is 2. The van der Waals surface area contributed by atoms with E-state index in [2.05, 4.69) is 52.7 Å². The molecule has 0 radical (unpaired) electrons. The minimum absolute atomic E-state index is 0.0576. The molecule has 210 valence electrons. The number of methoxy groups -OCH3 is 1. The molecule has 5 rings (SSSR count). The van der Waals surface area contributed by atoms with Crippen molar-refractivity contribution >= 4 is 35.2 Å². The van der Waals surface area contributed by atoms with E-state index in [0.717, 1.165) is 19.4 Å². The summed E-state index contributed by atoms with van der Waals surface area (Å²) in [5.41, 5.74) is -0.227. The number of piperidine rings is 2. The molecule has 0 aliphatic carbocycles. The molecule has 2 amide bonds. The number of amides is 2. The van der Waals surface area contributed by atoms with Gasteiger partial charge in [0.05, 0.1) is 17.5 Å². The van der Waals surface area contributed by atoms with E-state index in [9.17, 15) is 9.59 Å². The first-order valence-electron chi connectivity index (χ1n) is 13.9. The molecule has 5 heterocycles. The Morgan fingerprint density at radius 2 is 1.78 bits per heavy atom. The van der Waals surface area contributed by atoms with E-state index in [4.69, 9.17) is 16.3 Å². The summed E-state index contributed by atoms with van der Waals surface area (Å²) in [7, 11) is 1.75. The largest absolute Gasteiger partial charge is 0.380 e. The average molecular weight is 558 g/mol. The average Bonchev–Trinajstić information content (AvgIpc) is 3.42. The molecule has 12 unspecified atom stereocenters. The Morgan fingerprint density at radius 3 is 2.51 bits per heavy atom. The maximum Gasteiger partial charge on any atom is 0.241 e. The van der Waals surface area contributed by atoms with Gasteiger partial charge in [-0.2, -0.15) is 0 Å². The van der Waals surface area contributed by atoms with Gasteiger partial charge in [-0.3, -0.25) is 20.2 Å². The Morgan fingerprint density at radius 1 is 0.973 bits per heavy atom. The molecule has 0 aromatic heterocycles. The number of rotatable bonds is 5. The molecule has 6 N–H and O–H groups in total. The Bertz CT molecular complexity index is 828. The Labute approximate surface area is 229 Å². The van der Waals surface area contributed by atoms with Gasteiger partial charge in [0.25, 0.3) is 0 Å². The summed E-state index contributed by atoms with van der Waals surface area (Å²) < 4.78 is 5.81. The van der Waals surface area contributed by atoms with Crippen molar-refractivity contribution in [3.63, 3.8) is 0 Å². The van der Waals surface area contributed by atoms with E-state index in [1.807, 2.05) is 4.90 Å². The maximum atomic E-state index is 13.6. The molecule has 5 aliphatic heterocycles. The normalized spacial score (nSPS) is 46.5. The van der Waals surface area contributed by atoms with Crippen LogP contribution in [0.25, 0.3) is 0 Å². The molecular formula is C25H44ClN7O3S. The van der Waals surface area contributed by atoms with E-state index in [-0.39, 0.29) is 70.0 Å². The third-order valence-corrected chi connectivity index (χ3v) is 10.7. The molecule has 12 heteroatoms. The third kappa shape index (κ3) is 6.09. The molecule has 0 aromatic rings. The fourth-order valence-electron chi connectivity index (χ4n) is 7.03. The van der Waals surface area contributed by atoms with E-state index in [0.29, 0.717) is 38.3 Å². The van der Waals surface area contributed by atoms with Crippen molar-refractivity contribution < 1.29 is 14.3 Å². The van der Waals surface area contributed by atoms with E-state index in [1.165, 1.54) is 0 Å². The van der Waals surface area contributed by atoms with Gasteiger partial charge in [0, 0.05) is 69.3 Å².